The molecule has 1 N–H and O–H groups in total. The number of hydrogen-bond acceptors (Lipinski definition) is 6. The van der Waals surface area contributed by atoms with Gasteiger partial charge in [-0.1, -0.05) is 18.2 Å². The van der Waals surface area contributed by atoms with E-state index in [1.807, 2.05) is 51.1 Å². The minimum Gasteiger partial charge on any atom is -0.490 e. The molecule has 3 aromatic rings. The molecule has 7 heteroatoms. The third-order valence-electron chi connectivity index (χ3n) is 4.28. The summed E-state index contributed by atoms with van der Waals surface area (Å²) in [6, 6.07) is 12.8. The maximum atomic E-state index is 12.7. The summed E-state index contributed by atoms with van der Waals surface area (Å²) in [5.74, 6) is 1.59. The first kappa shape index (κ1) is 21.2. The summed E-state index contributed by atoms with van der Waals surface area (Å²) in [7, 11) is 0. The summed E-state index contributed by atoms with van der Waals surface area (Å²) < 4.78 is 22.8. The second kappa shape index (κ2) is 9.82. The van der Waals surface area contributed by atoms with Crippen molar-refractivity contribution < 1.29 is 23.4 Å². The van der Waals surface area contributed by atoms with Crippen LogP contribution in [0.15, 0.2) is 52.0 Å². The minimum absolute atomic E-state index is 0.353. The fourth-order valence-electron chi connectivity index (χ4n) is 2.93. The molecule has 0 fully saturated rings. The second-order valence-electron chi connectivity index (χ2n) is 6.39. The highest BCUT2D eigenvalue weighted by Gasteiger charge is 2.18. The maximum Gasteiger partial charge on any atom is 0.271 e. The van der Waals surface area contributed by atoms with Crippen molar-refractivity contribution in [3.05, 3.63) is 53.8 Å². The number of hydrazone groups is 1. The Balaban J connectivity index is 1.85. The summed E-state index contributed by atoms with van der Waals surface area (Å²) in [4.78, 5) is 12.7. The van der Waals surface area contributed by atoms with Crippen molar-refractivity contribution in [1.29, 1.82) is 0 Å². The predicted molar refractivity (Wildman–Crippen MR) is 116 cm³/mol. The Hall–Kier alpha value is -3.48. The molecule has 0 unspecified atom stereocenters. The van der Waals surface area contributed by atoms with Crippen LogP contribution in [0.4, 0.5) is 0 Å². The lowest BCUT2D eigenvalue weighted by Gasteiger charge is -2.16. The largest absolute Gasteiger partial charge is 0.490 e. The van der Waals surface area contributed by atoms with Crippen molar-refractivity contribution in [2.45, 2.75) is 27.7 Å². The van der Waals surface area contributed by atoms with Gasteiger partial charge in [-0.05, 0) is 52.0 Å². The number of carbonyl (C=O) groups is 1. The molecule has 0 atom stereocenters. The summed E-state index contributed by atoms with van der Waals surface area (Å²) >= 11 is 0. The third kappa shape index (κ3) is 4.74. The number of ether oxygens (including phenoxy) is 3. The van der Waals surface area contributed by atoms with Crippen molar-refractivity contribution in [3.8, 4) is 17.2 Å². The number of carbonyl (C=O) groups excluding carboxylic acids is 1. The lowest BCUT2D eigenvalue weighted by molar-refractivity contribution is 0.0953. The molecule has 0 bridgehead atoms. The Morgan fingerprint density at radius 2 is 1.60 bits per heavy atom. The van der Waals surface area contributed by atoms with Crippen molar-refractivity contribution in [3.63, 3.8) is 0 Å². The summed E-state index contributed by atoms with van der Waals surface area (Å²) in [6.45, 7) is 8.69. The van der Waals surface area contributed by atoms with E-state index in [0.29, 0.717) is 54.1 Å². The zero-order valence-corrected chi connectivity index (χ0v) is 17.7. The van der Waals surface area contributed by atoms with Gasteiger partial charge in [0.05, 0.1) is 19.8 Å². The third-order valence-corrected chi connectivity index (χ3v) is 4.28. The molecule has 2 aromatic carbocycles. The Labute approximate surface area is 175 Å². The average molecular weight is 410 g/mol. The van der Waals surface area contributed by atoms with Crippen molar-refractivity contribution in [1.82, 2.24) is 5.43 Å². The predicted octanol–water partition coefficient (Wildman–Crippen LogP) is 4.78. The lowest BCUT2D eigenvalue weighted by atomic mass is 10.1. The summed E-state index contributed by atoms with van der Waals surface area (Å²) in [5, 5.41) is 5.16. The first-order valence-electron chi connectivity index (χ1n) is 9.97. The van der Waals surface area contributed by atoms with Gasteiger partial charge in [0.25, 0.3) is 5.91 Å². The molecule has 0 saturated carbocycles. The smallest absolute Gasteiger partial charge is 0.271 e. The fraction of sp³-hybridized carbons (Fsp3) is 0.304. The maximum absolute atomic E-state index is 12.7. The zero-order valence-electron chi connectivity index (χ0n) is 17.7. The molecule has 0 saturated heterocycles. The Morgan fingerprint density at radius 3 is 2.20 bits per heavy atom. The quantitative estimate of drug-likeness (QED) is 0.405. The van der Waals surface area contributed by atoms with Gasteiger partial charge >= 0.3 is 0 Å². The average Bonchev–Trinajstić information content (AvgIpc) is 3.18. The molecule has 0 aliphatic carbocycles. The van der Waals surface area contributed by atoms with Crippen LogP contribution in [0.25, 0.3) is 11.0 Å². The first-order chi connectivity index (χ1) is 14.6. The van der Waals surface area contributed by atoms with Gasteiger partial charge in [-0.15, -0.1) is 0 Å². The first-order valence-corrected chi connectivity index (χ1v) is 9.97. The van der Waals surface area contributed by atoms with Gasteiger partial charge in [0.1, 0.15) is 11.3 Å². The fourth-order valence-corrected chi connectivity index (χ4v) is 2.93. The van der Waals surface area contributed by atoms with Crippen LogP contribution in [0.3, 0.4) is 0 Å². The molecule has 0 aliphatic heterocycles. The molecule has 0 aliphatic rings. The SMILES string of the molecule is CCOc1cc(C(=O)N/N=C(\C)c2cc3ccccc3o2)cc(OCC)c1OCC. The molecule has 7 nitrogen and oxygen atoms in total. The Bertz CT molecular complexity index is 995. The van der Waals surface area contributed by atoms with Gasteiger partial charge in [0.2, 0.25) is 5.75 Å². The monoisotopic (exact) mass is 410 g/mol. The molecule has 1 heterocycles. The van der Waals surface area contributed by atoms with E-state index in [0.717, 1.165) is 11.0 Å². The number of rotatable bonds is 9. The van der Waals surface area contributed by atoms with Crippen molar-refractivity contribution in [2.24, 2.45) is 5.10 Å². The van der Waals surface area contributed by atoms with Crippen molar-refractivity contribution in [2.75, 3.05) is 19.8 Å². The molecular weight excluding hydrogens is 384 g/mol. The van der Waals surface area contributed by atoms with E-state index in [9.17, 15) is 4.79 Å². The van der Waals surface area contributed by atoms with E-state index in [4.69, 9.17) is 18.6 Å². The van der Waals surface area contributed by atoms with Crippen LogP contribution < -0.4 is 19.6 Å². The highest BCUT2D eigenvalue weighted by Crippen LogP contribution is 2.39. The van der Waals surface area contributed by atoms with E-state index in [1.54, 1.807) is 19.1 Å². The molecule has 0 spiro atoms. The van der Waals surface area contributed by atoms with E-state index in [2.05, 4.69) is 10.5 Å². The van der Waals surface area contributed by atoms with E-state index < -0.39 is 5.91 Å². The number of fused-ring (bicyclic) bond motifs is 1. The van der Waals surface area contributed by atoms with Crippen LogP contribution >= 0.6 is 0 Å². The normalized spacial score (nSPS) is 11.4. The molecule has 1 aromatic heterocycles. The topological polar surface area (TPSA) is 82.3 Å². The van der Waals surface area contributed by atoms with Crippen LogP contribution in [0.2, 0.25) is 0 Å². The standard InChI is InChI=1S/C23H26N2O5/c1-5-27-20-13-17(14-21(28-6-2)22(20)29-7-3)23(26)25-24-15(4)19-12-16-10-8-9-11-18(16)30-19/h8-14H,5-7H2,1-4H3,(H,25,26)/b24-15+. The van der Waals surface area contributed by atoms with E-state index in [-0.39, 0.29) is 0 Å². The van der Waals surface area contributed by atoms with Gasteiger partial charge in [-0.25, -0.2) is 5.43 Å². The van der Waals surface area contributed by atoms with Gasteiger partial charge < -0.3 is 18.6 Å². The Morgan fingerprint density at radius 1 is 0.967 bits per heavy atom. The molecule has 30 heavy (non-hydrogen) atoms. The summed E-state index contributed by atoms with van der Waals surface area (Å²) in [5.41, 5.74) is 4.24. The molecule has 0 radical (unpaired) electrons. The van der Waals surface area contributed by atoms with Gasteiger partial charge in [-0.3, -0.25) is 4.79 Å². The number of benzene rings is 2. The van der Waals surface area contributed by atoms with Crippen LogP contribution in [0.1, 0.15) is 43.8 Å². The van der Waals surface area contributed by atoms with Gasteiger partial charge in [0, 0.05) is 10.9 Å². The van der Waals surface area contributed by atoms with E-state index in [1.165, 1.54) is 0 Å². The van der Waals surface area contributed by atoms with Gasteiger partial charge in [0.15, 0.2) is 17.3 Å². The van der Waals surface area contributed by atoms with Crippen LogP contribution in [0.5, 0.6) is 17.2 Å². The van der Waals surface area contributed by atoms with Crippen LogP contribution in [-0.4, -0.2) is 31.4 Å². The minimum atomic E-state index is -0.393. The Kier molecular flexibility index (Phi) is 6.95. The number of hydrogen-bond donors (Lipinski definition) is 1. The second-order valence-corrected chi connectivity index (χ2v) is 6.39. The van der Waals surface area contributed by atoms with Gasteiger partial charge in [-0.2, -0.15) is 5.10 Å². The van der Waals surface area contributed by atoms with Crippen molar-refractivity contribution >= 4 is 22.6 Å². The number of nitrogens with zero attached hydrogens (tertiary/aromatic N) is 1. The lowest BCUT2D eigenvalue weighted by Crippen LogP contribution is -2.19. The molecule has 3 rings (SSSR count). The number of furan rings is 1. The zero-order chi connectivity index (χ0) is 21.5. The van der Waals surface area contributed by atoms with Crippen LogP contribution in [0, 0.1) is 0 Å². The highest BCUT2D eigenvalue weighted by atomic mass is 16.5. The molecule has 1 amide bonds. The number of amides is 1. The number of para-hydroxylation sites is 1. The molecule has 158 valence electrons. The number of nitrogens with one attached hydrogen (secondary N) is 1. The van der Waals surface area contributed by atoms with E-state index >= 15 is 0 Å². The van der Waals surface area contributed by atoms with Crippen LogP contribution in [-0.2, 0) is 0 Å². The highest BCUT2D eigenvalue weighted by molar-refractivity contribution is 6.01. The molecular formula is C23H26N2O5. The summed E-state index contributed by atoms with van der Waals surface area (Å²) in [6.07, 6.45) is 0.